The molecule has 0 aromatic heterocycles. The van der Waals surface area contributed by atoms with Gasteiger partial charge in [0.2, 0.25) is 5.75 Å². The van der Waals surface area contributed by atoms with E-state index in [0.29, 0.717) is 18.1 Å². The molecule has 2 aromatic rings. The van der Waals surface area contributed by atoms with Crippen molar-refractivity contribution in [1.29, 1.82) is 0 Å². The lowest BCUT2D eigenvalue weighted by Crippen LogP contribution is -2.38. The van der Waals surface area contributed by atoms with Crippen LogP contribution in [0, 0.1) is 11.6 Å². The molecule has 3 N–H and O–H groups in total. The van der Waals surface area contributed by atoms with Gasteiger partial charge in [-0.25, -0.2) is 13.8 Å². The van der Waals surface area contributed by atoms with Crippen molar-refractivity contribution in [3.05, 3.63) is 53.1 Å². The van der Waals surface area contributed by atoms with Gasteiger partial charge in [0, 0.05) is 6.54 Å². The predicted molar refractivity (Wildman–Crippen MR) is 119 cm³/mol. The lowest BCUT2D eigenvalue weighted by molar-refractivity contribution is 0.339. The third-order valence-corrected chi connectivity index (χ3v) is 4.10. The number of aromatic hydroxyl groups is 1. The van der Waals surface area contributed by atoms with Gasteiger partial charge in [-0.1, -0.05) is 6.07 Å². The van der Waals surface area contributed by atoms with Gasteiger partial charge >= 0.3 is 0 Å². The molecule has 0 fully saturated rings. The summed E-state index contributed by atoms with van der Waals surface area (Å²) in [6.07, 6.45) is 0. The van der Waals surface area contributed by atoms with Gasteiger partial charge < -0.3 is 25.2 Å². The van der Waals surface area contributed by atoms with Crippen LogP contribution in [0.2, 0.25) is 0 Å². The van der Waals surface area contributed by atoms with E-state index in [9.17, 15) is 13.9 Å². The summed E-state index contributed by atoms with van der Waals surface area (Å²) in [6.45, 7) is 4.66. The third-order valence-electron chi connectivity index (χ3n) is 4.10. The summed E-state index contributed by atoms with van der Waals surface area (Å²) >= 11 is 0. The summed E-state index contributed by atoms with van der Waals surface area (Å²) in [7, 11) is 2.91. The molecule has 0 aliphatic rings. The summed E-state index contributed by atoms with van der Waals surface area (Å²) in [4.78, 5) is 4.50. The maximum Gasteiger partial charge on any atom is 0.200 e. The molecule has 0 aliphatic heterocycles. The van der Waals surface area contributed by atoms with E-state index in [2.05, 4.69) is 15.6 Å². The second kappa shape index (κ2) is 11.6. The number of methoxy groups -OCH3 is 2. The van der Waals surface area contributed by atoms with Gasteiger partial charge in [0.25, 0.3) is 0 Å². The van der Waals surface area contributed by atoms with Gasteiger partial charge in [0.1, 0.15) is 0 Å². The van der Waals surface area contributed by atoms with Crippen molar-refractivity contribution >= 4 is 29.9 Å². The van der Waals surface area contributed by atoms with Crippen molar-refractivity contribution in [2.24, 2.45) is 4.99 Å². The van der Waals surface area contributed by atoms with Gasteiger partial charge in [0.15, 0.2) is 29.1 Å². The number of ether oxygens (including phenoxy) is 2. The number of phenolic OH excluding ortho intramolecular Hbond substituents is 1. The molecule has 160 valence electrons. The molecule has 0 saturated heterocycles. The number of aliphatic imine (C=N–C) groups is 1. The van der Waals surface area contributed by atoms with Crippen molar-refractivity contribution in [2.45, 2.75) is 26.4 Å². The molecule has 1 unspecified atom stereocenters. The maximum atomic E-state index is 13.5. The van der Waals surface area contributed by atoms with Gasteiger partial charge in [-0.2, -0.15) is 0 Å². The smallest absolute Gasteiger partial charge is 0.200 e. The minimum atomic E-state index is -0.892. The molecular formula is C20H26F2IN3O3. The first kappa shape index (κ1) is 24.7. The molecule has 1 atom stereocenters. The van der Waals surface area contributed by atoms with Crippen LogP contribution in [0.1, 0.15) is 31.0 Å². The standard InChI is InChI=1S/C20H25F2N3O3.HI/c1-5-23-20(25-12(2)14-6-7-15(21)16(22)10-14)24-11-13-8-17(27-3)19(26)18(9-13)28-4;/h6-10,12,26H,5,11H2,1-4H3,(H2,23,24,25);1H. The van der Waals surface area contributed by atoms with Crippen LogP contribution in [0.25, 0.3) is 0 Å². The summed E-state index contributed by atoms with van der Waals surface area (Å²) in [5.41, 5.74) is 1.36. The lowest BCUT2D eigenvalue weighted by atomic mass is 10.1. The Kier molecular flexibility index (Phi) is 9.93. The Hall–Kier alpha value is -2.30. The zero-order valence-corrected chi connectivity index (χ0v) is 19.1. The van der Waals surface area contributed by atoms with E-state index in [1.54, 1.807) is 12.1 Å². The second-order valence-corrected chi connectivity index (χ2v) is 6.08. The summed E-state index contributed by atoms with van der Waals surface area (Å²) in [6, 6.07) is 6.83. The number of benzene rings is 2. The van der Waals surface area contributed by atoms with Crippen LogP contribution in [0.5, 0.6) is 17.2 Å². The second-order valence-electron chi connectivity index (χ2n) is 6.08. The number of nitrogens with zero attached hydrogens (tertiary/aromatic N) is 1. The van der Waals surface area contributed by atoms with Gasteiger partial charge in [-0.3, -0.25) is 0 Å². The molecule has 0 saturated carbocycles. The molecule has 29 heavy (non-hydrogen) atoms. The quantitative estimate of drug-likeness (QED) is 0.291. The van der Waals surface area contributed by atoms with E-state index in [1.807, 2.05) is 13.8 Å². The molecule has 9 heteroatoms. The molecule has 2 aromatic carbocycles. The largest absolute Gasteiger partial charge is 0.502 e. The molecular weight excluding hydrogens is 495 g/mol. The number of nitrogens with one attached hydrogen (secondary N) is 2. The van der Waals surface area contributed by atoms with Crippen LogP contribution >= 0.6 is 24.0 Å². The fourth-order valence-corrected chi connectivity index (χ4v) is 2.60. The van der Waals surface area contributed by atoms with E-state index in [4.69, 9.17) is 9.47 Å². The predicted octanol–water partition coefficient (Wildman–Crippen LogP) is 4.12. The van der Waals surface area contributed by atoms with E-state index in [1.165, 1.54) is 20.3 Å². The highest BCUT2D eigenvalue weighted by Gasteiger charge is 2.13. The minimum absolute atomic E-state index is 0. The Labute approximate surface area is 186 Å². The molecule has 0 spiro atoms. The van der Waals surface area contributed by atoms with Crippen molar-refractivity contribution in [1.82, 2.24) is 10.6 Å². The van der Waals surface area contributed by atoms with Crippen LogP contribution in [0.4, 0.5) is 8.78 Å². The van der Waals surface area contributed by atoms with Crippen LogP contribution in [0.15, 0.2) is 35.3 Å². The normalized spacial score (nSPS) is 12.0. The molecule has 0 amide bonds. The number of hydrogen-bond acceptors (Lipinski definition) is 4. The average Bonchev–Trinajstić information content (AvgIpc) is 2.69. The topological polar surface area (TPSA) is 75.1 Å². The highest BCUT2D eigenvalue weighted by Crippen LogP contribution is 2.37. The first-order valence-corrected chi connectivity index (χ1v) is 8.83. The van der Waals surface area contributed by atoms with E-state index < -0.39 is 11.6 Å². The van der Waals surface area contributed by atoms with E-state index in [0.717, 1.165) is 17.7 Å². The number of hydrogen-bond donors (Lipinski definition) is 3. The third kappa shape index (κ3) is 6.62. The highest BCUT2D eigenvalue weighted by molar-refractivity contribution is 14.0. The Bertz CT molecular complexity index is 825. The summed E-state index contributed by atoms with van der Waals surface area (Å²) in [5.74, 6) is -0.765. The van der Waals surface area contributed by atoms with Crippen LogP contribution in [-0.2, 0) is 6.54 Å². The summed E-state index contributed by atoms with van der Waals surface area (Å²) in [5, 5.41) is 16.3. The van der Waals surface area contributed by atoms with Gasteiger partial charge in [-0.05, 0) is 49.2 Å². The molecule has 0 aliphatic carbocycles. The van der Waals surface area contributed by atoms with Gasteiger partial charge in [0.05, 0.1) is 26.8 Å². The zero-order chi connectivity index (χ0) is 20.7. The molecule has 0 heterocycles. The van der Waals surface area contributed by atoms with Crippen LogP contribution in [-0.4, -0.2) is 31.8 Å². The van der Waals surface area contributed by atoms with Crippen molar-refractivity contribution < 1.29 is 23.4 Å². The molecule has 6 nitrogen and oxygen atoms in total. The Morgan fingerprint density at radius 2 is 1.72 bits per heavy atom. The zero-order valence-electron chi connectivity index (χ0n) is 16.8. The van der Waals surface area contributed by atoms with Crippen LogP contribution < -0.4 is 20.1 Å². The molecule has 0 bridgehead atoms. The van der Waals surface area contributed by atoms with E-state index >= 15 is 0 Å². The number of guanidine groups is 1. The average molecular weight is 521 g/mol. The Morgan fingerprint density at radius 1 is 1.10 bits per heavy atom. The number of phenols is 1. The fraction of sp³-hybridized carbons (Fsp3) is 0.350. The first-order chi connectivity index (χ1) is 13.4. The highest BCUT2D eigenvalue weighted by atomic mass is 127. The summed E-state index contributed by atoms with van der Waals surface area (Å²) < 4.78 is 36.9. The Balaban J connectivity index is 0.00000420. The van der Waals surface area contributed by atoms with Crippen LogP contribution in [0.3, 0.4) is 0 Å². The van der Waals surface area contributed by atoms with E-state index in [-0.39, 0.29) is 53.8 Å². The maximum absolute atomic E-state index is 13.5. The fourth-order valence-electron chi connectivity index (χ4n) is 2.60. The minimum Gasteiger partial charge on any atom is -0.502 e. The number of halogens is 3. The SMILES string of the molecule is CCNC(=NCc1cc(OC)c(O)c(OC)c1)NC(C)c1ccc(F)c(F)c1.I. The first-order valence-electron chi connectivity index (χ1n) is 8.83. The molecule has 0 radical (unpaired) electrons. The lowest BCUT2D eigenvalue weighted by Gasteiger charge is -2.18. The number of rotatable bonds is 7. The van der Waals surface area contributed by atoms with Crippen molar-refractivity contribution in [2.75, 3.05) is 20.8 Å². The van der Waals surface area contributed by atoms with Crippen molar-refractivity contribution in [3.63, 3.8) is 0 Å². The van der Waals surface area contributed by atoms with Crippen molar-refractivity contribution in [3.8, 4) is 17.2 Å². The molecule has 2 rings (SSSR count). The Morgan fingerprint density at radius 3 is 2.24 bits per heavy atom. The monoisotopic (exact) mass is 521 g/mol. The van der Waals surface area contributed by atoms with Gasteiger partial charge in [-0.15, -0.1) is 24.0 Å².